The van der Waals surface area contributed by atoms with Crippen molar-refractivity contribution >= 4 is 18.5 Å². The predicted molar refractivity (Wildman–Crippen MR) is 271 cm³/mol. The SMILES string of the molecule is CC(C)(C)CCCCCCCCCc1cc(C2(CP)C3(C)CC4(C)OC(C)(CC2(C)O4)O3)c(C2(CP)C3(C)CC4(C)OC(C)(CC2(C)O4)O3)cc1CCCCCCCCCC(C)(C)C. The Labute approximate surface area is 397 Å². The van der Waals surface area contributed by atoms with Gasteiger partial charge in [-0.25, -0.2) is 0 Å². The van der Waals surface area contributed by atoms with Crippen molar-refractivity contribution in [2.45, 2.75) is 295 Å². The van der Waals surface area contributed by atoms with Gasteiger partial charge in [0.25, 0.3) is 0 Å². The van der Waals surface area contributed by atoms with E-state index in [1.807, 2.05) is 0 Å². The average Bonchev–Trinajstić information content (AvgIpc) is 3.10. The van der Waals surface area contributed by atoms with Crippen LogP contribution in [0.1, 0.15) is 248 Å². The molecule has 10 atom stereocenters. The number of aryl methyl sites for hydroxylation is 2. The molecule has 6 nitrogen and oxygen atoms in total. The lowest BCUT2D eigenvalue weighted by Crippen LogP contribution is -2.85. The first kappa shape index (κ1) is 51.7. The fourth-order valence-electron chi connectivity index (χ4n) is 15.7. The van der Waals surface area contributed by atoms with Crippen LogP contribution in [-0.2, 0) is 52.1 Å². The van der Waals surface area contributed by atoms with Crippen molar-refractivity contribution in [2.24, 2.45) is 10.8 Å². The summed E-state index contributed by atoms with van der Waals surface area (Å²) in [6, 6.07) is 5.40. The topological polar surface area (TPSA) is 55.4 Å². The second-order valence-corrected chi connectivity index (χ2v) is 27.1. The van der Waals surface area contributed by atoms with E-state index in [-0.39, 0.29) is 0 Å². The first-order chi connectivity index (χ1) is 29.6. The minimum Gasteiger partial charge on any atom is -0.343 e. The lowest BCUT2D eigenvalue weighted by Gasteiger charge is -2.77. The Balaban J connectivity index is 1.27. The number of hydrogen-bond acceptors (Lipinski definition) is 6. The molecule has 8 saturated heterocycles. The van der Waals surface area contributed by atoms with E-state index in [4.69, 9.17) is 28.4 Å². The van der Waals surface area contributed by atoms with E-state index in [0.29, 0.717) is 36.5 Å². The Bertz CT molecular complexity index is 1590. The van der Waals surface area contributed by atoms with Gasteiger partial charge in [-0.1, -0.05) is 131 Å². The maximum absolute atomic E-state index is 7.38. The molecule has 0 spiro atoms. The molecule has 0 aliphatic carbocycles. The molecular weight excluding hydrogens is 831 g/mol. The highest BCUT2D eigenvalue weighted by Crippen LogP contribution is 2.73. The summed E-state index contributed by atoms with van der Waals surface area (Å²) in [6.45, 7) is 32.4. The number of rotatable bonds is 22. The monoisotopic (exact) mass is 927 g/mol. The Morgan fingerprint density at radius 3 is 0.891 bits per heavy atom. The number of benzene rings is 1. The van der Waals surface area contributed by atoms with E-state index in [2.05, 4.69) is 128 Å². The van der Waals surface area contributed by atoms with Gasteiger partial charge in [0.1, 0.15) is 0 Å². The molecule has 8 bridgehead atoms. The molecule has 0 N–H and O–H groups in total. The van der Waals surface area contributed by atoms with Gasteiger partial charge in [0, 0.05) is 25.7 Å². The van der Waals surface area contributed by atoms with Crippen molar-refractivity contribution in [1.82, 2.24) is 0 Å². The normalized spacial score (nSPS) is 41.1. The third-order valence-corrected chi connectivity index (χ3v) is 18.7. The Morgan fingerprint density at radius 2 is 0.641 bits per heavy atom. The van der Waals surface area contributed by atoms with Crippen LogP contribution in [0.15, 0.2) is 12.1 Å². The van der Waals surface area contributed by atoms with Gasteiger partial charge >= 0.3 is 0 Å². The molecule has 1 aromatic carbocycles. The molecule has 1 aromatic rings. The lowest BCUT2D eigenvalue weighted by atomic mass is 9.46. The molecule has 0 radical (unpaired) electrons. The smallest absolute Gasteiger partial charge is 0.172 e. The van der Waals surface area contributed by atoms with Gasteiger partial charge in [0.15, 0.2) is 23.1 Å². The van der Waals surface area contributed by atoms with Crippen LogP contribution < -0.4 is 0 Å². The van der Waals surface area contributed by atoms with Crippen LogP contribution in [0, 0.1) is 10.8 Å². The summed E-state index contributed by atoms with van der Waals surface area (Å²) < 4.78 is 42.9. The first-order valence-corrected chi connectivity index (χ1v) is 28.0. The summed E-state index contributed by atoms with van der Waals surface area (Å²) >= 11 is 0. The Morgan fingerprint density at radius 1 is 0.391 bits per heavy atom. The van der Waals surface area contributed by atoms with Gasteiger partial charge < -0.3 is 28.4 Å². The molecule has 8 aliphatic heterocycles. The molecule has 8 aliphatic rings. The highest BCUT2D eigenvalue weighted by atomic mass is 31.0. The second-order valence-electron chi connectivity index (χ2n) is 26.2. The molecule has 8 heteroatoms. The highest BCUT2D eigenvalue weighted by molar-refractivity contribution is 7.16. The zero-order chi connectivity index (χ0) is 46.9. The summed E-state index contributed by atoms with van der Waals surface area (Å²) in [5.74, 6) is -2.87. The molecule has 0 amide bonds. The summed E-state index contributed by atoms with van der Waals surface area (Å²) in [5, 5.41) is 0. The van der Waals surface area contributed by atoms with Crippen molar-refractivity contribution in [3.63, 3.8) is 0 Å². The van der Waals surface area contributed by atoms with Gasteiger partial charge in [-0.15, -0.1) is 18.5 Å². The van der Waals surface area contributed by atoms with Gasteiger partial charge in [0.05, 0.1) is 33.2 Å². The maximum Gasteiger partial charge on any atom is 0.172 e. The van der Waals surface area contributed by atoms with E-state index >= 15 is 0 Å². The fraction of sp³-hybridized carbons (Fsp3) is 0.893. The van der Waals surface area contributed by atoms with Gasteiger partial charge in [-0.2, -0.15) is 0 Å². The van der Waals surface area contributed by atoms with Gasteiger partial charge in [-0.05, 0) is 139 Å². The highest BCUT2D eigenvalue weighted by Gasteiger charge is 2.81. The molecule has 8 heterocycles. The summed E-state index contributed by atoms with van der Waals surface area (Å²) in [4.78, 5) is 0. The van der Waals surface area contributed by atoms with Crippen molar-refractivity contribution in [1.29, 1.82) is 0 Å². The largest absolute Gasteiger partial charge is 0.343 e. The zero-order valence-corrected chi connectivity index (χ0v) is 46.0. The minimum absolute atomic E-state index is 0.437. The van der Waals surface area contributed by atoms with Gasteiger partial charge in [-0.3, -0.25) is 0 Å². The Kier molecular flexibility index (Phi) is 14.5. The van der Waals surface area contributed by atoms with Crippen LogP contribution in [0.4, 0.5) is 0 Å². The third-order valence-electron chi connectivity index (χ3n) is 17.5. The molecule has 9 rings (SSSR count). The van der Waals surface area contributed by atoms with Crippen molar-refractivity contribution in [3.8, 4) is 0 Å². The number of hydrogen-bond donors (Lipinski definition) is 0. The summed E-state index contributed by atoms with van der Waals surface area (Å²) in [6.07, 6.45) is 27.6. The molecule has 0 aromatic heterocycles. The van der Waals surface area contributed by atoms with Crippen LogP contribution in [-0.4, -0.2) is 57.9 Å². The predicted octanol–water partition coefficient (Wildman–Crippen LogP) is 15.0. The van der Waals surface area contributed by atoms with E-state index in [1.54, 1.807) is 0 Å². The maximum atomic E-state index is 7.38. The molecule has 8 fully saturated rings. The number of ether oxygens (including phenoxy) is 6. The lowest BCUT2D eigenvalue weighted by molar-refractivity contribution is -0.534. The molecule has 10 unspecified atom stereocenters. The van der Waals surface area contributed by atoms with Crippen LogP contribution in [0.2, 0.25) is 0 Å². The zero-order valence-electron chi connectivity index (χ0n) is 43.7. The number of unbranched alkanes of at least 4 members (excludes halogenated alkanes) is 12. The molecule has 0 saturated carbocycles. The summed E-state index contributed by atoms with van der Waals surface area (Å²) in [7, 11) is 6.47. The van der Waals surface area contributed by atoms with Crippen LogP contribution >= 0.6 is 18.5 Å². The van der Waals surface area contributed by atoms with Crippen molar-refractivity contribution in [3.05, 3.63) is 34.4 Å². The quantitative estimate of drug-likeness (QED) is 0.0853. The fourth-order valence-corrected chi connectivity index (χ4v) is 17.8. The van der Waals surface area contributed by atoms with Crippen molar-refractivity contribution < 1.29 is 28.4 Å². The van der Waals surface area contributed by atoms with E-state index in [0.717, 1.165) is 25.2 Å². The average molecular weight is 927 g/mol. The minimum atomic E-state index is -0.716. The van der Waals surface area contributed by atoms with Gasteiger partial charge in [0.2, 0.25) is 0 Å². The molecular formula is C56H96O6P2. The van der Waals surface area contributed by atoms with Crippen LogP contribution in [0.25, 0.3) is 0 Å². The van der Waals surface area contributed by atoms with E-state index in [9.17, 15) is 0 Å². The summed E-state index contributed by atoms with van der Waals surface area (Å²) in [5.41, 5.74) is 3.52. The van der Waals surface area contributed by atoms with Crippen molar-refractivity contribution in [2.75, 3.05) is 12.3 Å². The molecule has 366 valence electrons. The molecule has 64 heavy (non-hydrogen) atoms. The van der Waals surface area contributed by atoms with E-state index < -0.39 is 56.4 Å². The first-order valence-electron chi connectivity index (χ1n) is 26.4. The van der Waals surface area contributed by atoms with Crippen LogP contribution in [0.3, 0.4) is 0 Å². The van der Waals surface area contributed by atoms with E-state index in [1.165, 1.54) is 125 Å². The third kappa shape index (κ3) is 9.43. The van der Waals surface area contributed by atoms with Crippen LogP contribution in [0.5, 0.6) is 0 Å². The standard InChI is InChI=1S/C56H96O6P2/c1-45(2,3)31-27-23-19-15-17-21-25-29-41-33-43(55(39-63)47(7)35-51(11)58-48(55,8)36-52(12,57-47)61-51)44(34-42(41)30-26-22-18-16-20-24-28-32-46(4,5)6)56(40-64)49(9)37-53(13)60-50(56,10)38-54(14,59-49)62-53/h33-34H,15-32,35-40,63-64H2,1-14H3. The Hall–Kier alpha value is -0.160. The second kappa shape index (κ2) is 17.9.